The summed E-state index contributed by atoms with van der Waals surface area (Å²) in [6.45, 7) is 1.02. The highest BCUT2D eigenvalue weighted by atomic mass is 32.2. The van der Waals surface area contributed by atoms with Gasteiger partial charge in [0.25, 0.3) is 10.0 Å². The Morgan fingerprint density at radius 1 is 1.17 bits per heavy atom. The maximum absolute atomic E-state index is 12.7. The minimum Gasteiger partial charge on any atom is -0.286 e. The predicted molar refractivity (Wildman–Crippen MR) is 88.0 cm³/mol. The van der Waals surface area contributed by atoms with Gasteiger partial charge >= 0.3 is 0 Å². The number of rotatable bonds is 3. The summed E-state index contributed by atoms with van der Waals surface area (Å²) in [5.41, 5.74) is 0.792. The Morgan fingerprint density at radius 3 is 2.91 bits per heavy atom. The Bertz CT molecular complexity index is 918. The van der Waals surface area contributed by atoms with Crippen LogP contribution in [0, 0.1) is 0 Å². The molecule has 1 aliphatic heterocycles. The minimum absolute atomic E-state index is 0.0656. The van der Waals surface area contributed by atoms with E-state index in [-0.39, 0.29) is 5.92 Å². The van der Waals surface area contributed by atoms with E-state index in [2.05, 4.69) is 10.2 Å². The first-order valence-corrected chi connectivity index (χ1v) is 9.81. The number of hydrogen-bond acceptors (Lipinski definition) is 5. The van der Waals surface area contributed by atoms with Crippen molar-refractivity contribution in [2.45, 2.75) is 23.0 Å². The highest BCUT2D eigenvalue weighted by Crippen LogP contribution is 2.30. The normalized spacial score (nSPS) is 20.1. The lowest BCUT2D eigenvalue weighted by Gasteiger charge is -2.30. The van der Waals surface area contributed by atoms with E-state index in [4.69, 9.17) is 0 Å². The highest BCUT2D eigenvalue weighted by Gasteiger charge is 2.33. The second-order valence-corrected chi connectivity index (χ2v) is 8.73. The number of thiophene rings is 1. The summed E-state index contributed by atoms with van der Waals surface area (Å²) in [6, 6.07) is 9.19. The number of sulfonamides is 1. The number of aromatic nitrogens is 3. The van der Waals surface area contributed by atoms with Gasteiger partial charge < -0.3 is 0 Å². The molecule has 0 saturated carbocycles. The quantitative estimate of drug-likeness (QED) is 0.729. The highest BCUT2D eigenvalue weighted by molar-refractivity contribution is 7.91. The summed E-state index contributed by atoms with van der Waals surface area (Å²) >= 11 is 1.26. The molecule has 4 heterocycles. The molecule has 1 saturated heterocycles. The molecule has 8 heteroatoms. The summed E-state index contributed by atoms with van der Waals surface area (Å²) in [5, 5.41) is 10.3. The van der Waals surface area contributed by atoms with Gasteiger partial charge in [-0.2, -0.15) is 4.31 Å². The molecule has 23 heavy (non-hydrogen) atoms. The van der Waals surface area contributed by atoms with Crippen LogP contribution in [0.25, 0.3) is 5.65 Å². The Hall–Kier alpha value is -1.77. The van der Waals surface area contributed by atoms with E-state index in [1.807, 2.05) is 28.8 Å². The molecule has 0 aromatic carbocycles. The molecule has 1 aliphatic rings. The lowest BCUT2D eigenvalue weighted by molar-refractivity contribution is 0.309. The molecule has 0 amide bonds. The molecule has 1 fully saturated rings. The summed E-state index contributed by atoms with van der Waals surface area (Å²) in [5.74, 6) is 0.905. The summed E-state index contributed by atoms with van der Waals surface area (Å²) < 4.78 is 29.4. The lowest BCUT2D eigenvalue weighted by atomic mass is 9.99. The van der Waals surface area contributed by atoms with Gasteiger partial charge in [-0.05, 0) is 36.4 Å². The van der Waals surface area contributed by atoms with Gasteiger partial charge in [-0.1, -0.05) is 12.1 Å². The first-order chi connectivity index (χ1) is 11.2. The first kappa shape index (κ1) is 14.8. The fourth-order valence-electron chi connectivity index (χ4n) is 3.05. The van der Waals surface area contributed by atoms with Gasteiger partial charge in [0.2, 0.25) is 0 Å². The van der Waals surface area contributed by atoms with Crippen LogP contribution in [0.4, 0.5) is 0 Å². The van der Waals surface area contributed by atoms with E-state index in [9.17, 15) is 8.42 Å². The van der Waals surface area contributed by atoms with Gasteiger partial charge in [-0.15, -0.1) is 21.5 Å². The van der Waals surface area contributed by atoms with Gasteiger partial charge in [0.15, 0.2) is 5.65 Å². The molecule has 0 aliphatic carbocycles. The van der Waals surface area contributed by atoms with Crippen molar-refractivity contribution in [3.63, 3.8) is 0 Å². The number of nitrogens with zero attached hydrogens (tertiary/aromatic N) is 4. The van der Waals surface area contributed by atoms with Crippen LogP contribution >= 0.6 is 11.3 Å². The second-order valence-electron chi connectivity index (χ2n) is 5.62. The molecule has 4 rings (SSSR count). The van der Waals surface area contributed by atoms with E-state index in [0.29, 0.717) is 17.3 Å². The third kappa shape index (κ3) is 2.56. The molecule has 3 aromatic heterocycles. The van der Waals surface area contributed by atoms with Crippen molar-refractivity contribution >= 4 is 27.0 Å². The van der Waals surface area contributed by atoms with Crippen molar-refractivity contribution in [1.82, 2.24) is 18.9 Å². The smallest absolute Gasteiger partial charge is 0.252 e. The number of fused-ring (bicyclic) bond motifs is 1. The molecular formula is C15H16N4O2S2. The third-order valence-corrected chi connectivity index (χ3v) is 7.42. The molecule has 6 nitrogen and oxygen atoms in total. The molecule has 120 valence electrons. The van der Waals surface area contributed by atoms with Gasteiger partial charge in [-0.25, -0.2) is 8.42 Å². The molecule has 1 atom stereocenters. The number of pyridine rings is 1. The summed E-state index contributed by atoms with van der Waals surface area (Å²) in [4.78, 5) is 0. The molecule has 0 bridgehead atoms. The molecule has 3 aromatic rings. The largest absolute Gasteiger partial charge is 0.286 e. The zero-order chi connectivity index (χ0) is 15.9. The van der Waals surface area contributed by atoms with Crippen molar-refractivity contribution in [3.05, 3.63) is 47.7 Å². The Balaban J connectivity index is 1.65. The van der Waals surface area contributed by atoms with Gasteiger partial charge in [0, 0.05) is 25.2 Å². The Labute approximate surface area is 138 Å². The van der Waals surface area contributed by atoms with Gasteiger partial charge in [0.05, 0.1) is 0 Å². The van der Waals surface area contributed by atoms with Crippen LogP contribution in [0.3, 0.4) is 0 Å². The van der Waals surface area contributed by atoms with E-state index < -0.39 is 10.0 Å². The fourth-order valence-corrected chi connectivity index (χ4v) is 5.72. The van der Waals surface area contributed by atoms with Crippen molar-refractivity contribution < 1.29 is 8.42 Å². The number of hydrogen-bond donors (Lipinski definition) is 0. The minimum atomic E-state index is -3.40. The van der Waals surface area contributed by atoms with Crippen LogP contribution in [0.15, 0.2) is 46.1 Å². The van der Waals surface area contributed by atoms with Crippen LogP contribution in [0.2, 0.25) is 0 Å². The van der Waals surface area contributed by atoms with E-state index >= 15 is 0 Å². The molecule has 0 spiro atoms. The van der Waals surface area contributed by atoms with Crippen molar-refractivity contribution in [2.24, 2.45) is 0 Å². The van der Waals surface area contributed by atoms with E-state index in [1.54, 1.807) is 21.8 Å². The maximum Gasteiger partial charge on any atom is 0.252 e. The van der Waals surface area contributed by atoms with E-state index in [0.717, 1.165) is 24.3 Å². The molecule has 0 unspecified atom stereocenters. The molecular weight excluding hydrogens is 332 g/mol. The SMILES string of the molecule is O=S(=O)(c1cccs1)N1CCC[C@H](c2nnc3ccccn23)C1. The second kappa shape index (κ2) is 5.70. The van der Waals surface area contributed by atoms with Crippen LogP contribution in [0.1, 0.15) is 24.6 Å². The topological polar surface area (TPSA) is 67.6 Å². The van der Waals surface area contributed by atoms with E-state index in [1.165, 1.54) is 11.3 Å². The average Bonchev–Trinajstić information content (AvgIpc) is 3.25. The summed E-state index contributed by atoms with van der Waals surface area (Å²) in [6.07, 6.45) is 3.68. The number of piperidine rings is 1. The predicted octanol–water partition coefficient (Wildman–Crippen LogP) is 2.36. The lowest BCUT2D eigenvalue weighted by Crippen LogP contribution is -2.39. The van der Waals surface area contributed by atoms with Crippen LogP contribution in [0.5, 0.6) is 0 Å². The standard InChI is InChI=1S/C15H16N4O2S2/c20-23(21,14-7-4-10-22-14)18-8-3-5-12(11-18)15-17-16-13-6-1-2-9-19(13)15/h1-2,4,6-7,9-10,12H,3,5,8,11H2/t12-/m0/s1. The van der Waals surface area contributed by atoms with Gasteiger partial charge in [-0.3, -0.25) is 4.40 Å². The van der Waals surface area contributed by atoms with Gasteiger partial charge in [0.1, 0.15) is 10.0 Å². The molecule has 0 radical (unpaired) electrons. The van der Waals surface area contributed by atoms with Crippen LogP contribution in [-0.2, 0) is 10.0 Å². The Morgan fingerprint density at radius 2 is 2.09 bits per heavy atom. The fraction of sp³-hybridized carbons (Fsp3) is 0.333. The zero-order valence-electron chi connectivity index (χ0n) is 12.4. The molecule has 0 N–H and O–H groups in total. The summed E-state index contributed by atoms with van der Waals surface area (Å²) in [7, 11) is -3.40. The first-order valence-electron chi connectivity index (χ1n) is 7.49. The van der Waals surface area contributed by atoms with Crippen molar-refractivity contribution in [3.8, 4) is 0 Å². The zero-order valence-corrected chi connectivity index (χ0v) is 14.0. The van der Waals surface area contributed by atoms with Crippen molar-refractivity contribution in [1.29, 1.82) is 0 Å². The van der Waals surface area contributed by atoms with Crippen LogP contribution < -0.4 is 0 Å². The third-order valence-electron chi connectivity index (χ3n) is 4.18. The average molecular weight is 348 g/mol. The Kier molecular flexibility index (Phi) is 3.67. The maximum atomic E-state index is 12.7. The van der Waals surface area contributed by atoms with Crippen molar-refractivity contribution in [2.75, 3.05) is 13.1 Å². The monoisotopic (exact) mass is 348 g/mol. The van der Waals surface area contributed by atoms with Crippen LogP contribution in [-0.4, -0.2) is 40.4 Å².